The Kier molecular flexibility index (Phi) is 21.1. The summed E-state index contributed by atoms with van der Waals surface area (Å²) in [6.45, 7) is 21.3. The molecule has 4 N–H and O–H groups in total. The molecule has 442 valence electrons. The van der Waals surface area contributed by atoms with Crippen LogP contribution in [0.25, 0.3) is 11.2 Å². The van der Waals surface area contributed by atoms with Gasteiger partial charge in [-0.25, -0.2) is 23.9 Å². The topological polar surface area (TPSA) is 348 Å². The van der Waals surface area contributed by atoms with Crippen molar-refractivity contribution in [2.24, 2.45) is 4.99 Å². The highest BCUT2D eigenvalue weighted by molar-refractivity contribution is 7.48. The Morgan fingerprint density at radius 2 is 1.58 bits per heavy atom. The molecule has 3 unspecified atom stereocenters. The maximum Gasteiger partial charge on any atom is 0.475 e. The number of fused-ring (bicyclic) bond motifs is 1. The highest BCUT2D eigenvalue weighted by Gasteiger charge is 2.57. The van der Waals surface area contributed by atoms with E-state index in [1.165, 1.54) is 35.6 Å². The average molecular weight is 1200 g/mol. The Labute approximate surface area is 471 Å². The van der Waals surface area contributed by atoms with Crippen molar-refractivity contribution in [2.45, 2.75) is 152 Å². The number of benzene rings is 1. The highest BCUT2D eigenvalue weighted by atomic mass is 31.2. The predicted molar refractivity (Wildman–Crippen MR) is 301 cm³/mol. The lowest BCUT2D eigenvalue weighted by atomic mass is 10.0. The maximum atomic E-state index is 14.6. The molecule has 3 aromatic heterocycles. The molecular formula is C50H73N11O16P2Si2. The van der Waals surface area contributed by atoms with Crippen LogP contribution in [0.5, 0.6) is 0 Å². The van der Waals surface area contributed by atoms with Gasteiger partial charge in [0, 0.05) is 32.3 Å². The highest BCUT2D eigenvalue weighted by Crippen LogP contribution is 2.56. The number of carbonyl (C=O) groups is 1. The summed E-state index contributed by atoms with van der Waals surface area (Å²) in [7, 11) is -12.5. The van der Waals surface area contributed by atoms with Crippen LogP contribution in [-0.2, 0) is 50.1 Å². The SMILES string of the molecule is C=CCOP(=O)(OCCC#N)O[C@H]1[C@@H](O[Si](C)(C)C(C)(C)C)[C@H](n2ccc(NC(=O)c3ccccc3)nc2=O)O[C@@H]1COP(=O)(O)OC(CCC#N)[C@H]1O[C@@H](n2cnc3c(=O)[nH]c(N=CN(C)C)nc32)[C@H](O[Si](C)(C)C(C)(C)C)[C@@H]1O. The molecule has 0 spiro atoms. The van der Waals surface area contributed by atoms with E-state index < -0.39 is 128 Å². The van der Waals surface area contributed by atoms with Gasteiger partial charge in [-0.3, -0.25) is 46.3 Å². The van der Waals surface area contributed by atoms with E-state index in [-0.39, 0.29) is 48.8 Å². The van der Waals surface area contributed by atoms with E-state index in [9.17, 15) is 44.0 Å². The number of rotatable bonds is 26. The molecule has 2 aliphatic heterocycles. The minimum absolute atomic E-state index is 0.0122. The molecular weight excluding hydrogens is 1130 g/mol. The molecule has 2 aliphatic rings. The van der Waals surface area contributed by atoms with E-state index in [2.05, 4.69) is 36.8 Å². The summed E-state index contributed by atoms with van der Waals surface area (Å²) in [6.07, 6.45) is -8.94. The van der Waals surface area contributed by atoms with Crippen LogP contribution >= 0.6 is 15.6 Å². The van der Waals surface area contributed by atoms with Crippen molar-refractivity contribution < 1.29 is 64.9 Å². The number of anilines is 1. The summed E-state index contributed by atoms with van der Waals surface area (Å²) >= 11 is 0. The molecule has 27 nitrogen and oxygen atoms in total. The minimum Gasteiger partial charge on any atom is -0.407 e. The van der Waals surface area contributed by atoms with Crippen molar-refractivity contribution in [3.05, 3.63) is 88.0 Å². The van der Waals surface area contributed by atoms with Gasteiger partial charge >= 0.3 is 21.3 Å². The Hall–Kier alpha value is -5.44. The second kappa shape index (κ2) is 26.4. The normalized spacial score (nSPS) is 23.6. The van der Waals surface area contributed by atoms with Crippen LogP contribution in [-0.4, -0.2) is 149 Å². The van der Waals surface area contributed by atoms with Gasteiger partial charge in [0.2, 0.25) is 5.95 Å². The minimum atomic E-state index is -5.41. The summed E-state index contributed by atoms with van der Waals surface area (Å²) in [5, 5.41) is 33.2. The zero-order valence-corrected chi connectivity index (χ0v) is 51.2. The summed E-state index contributed by atoms with van der Waals surface area (Å²) < 4.78 is 87.3. The standard InChI is InChI=1S/C50H73N11O16P2Si2/c1-14-27-69-79(68,70-28-19-25-52)75-39-34(72-46(41(39)77-81(12,13)50(5,6)7)60-26-23-35(56-48(60)65)55-43(63)32-20-16-15-17-21-32)29-71-78(66,67)74-33(22-18-24-51)38-37(62)40(76-80(10,11)49(2,3)4)45(73-38)61-31-53-36-42(61)57-47(58-44(36)64)54-30-59(8)9/h14-17,20-21,23,26,30-31,33-34,37-41,45-46,62H,1,18-19,22,27-29H2,2-13H3,(H,66,67)(H,57,58,64)(H,55,56,63,65)/t33?,34-,37-,38-,39-,40-,41-,45-,46-,79?/m1/s1. The molecule has 6 rings (SSSR count). The number of aliphatic hydroxyl groups is 1. The van der Waals surface area contributed by atoms with Gasteiger partial charge in [-0.15, -0.1) is 6.58 Å². The lowest BCUT2D eigenvalue weighted by Crippen LogP contribution is -2.50. The fourth-order valence-corrected chi connectivity index (χ4v) is 12.8. The third kappa shape index (κ3) is 16.0. The fourth-order valence-electron chi connectivity index (χ4n) is 7.92. The summed E-state index contributed by atoms with van der Waals surface area (Å²) in [5.74, 6) is -0.725. The molecule has 31 heteroatoms. The van der Waals surface area contributed by atoms with Gasteiger partial charge in [-0.2, -0.15) is 20.5 Å². The van der Waals surface area contributed by atoms with Crippen molar-refractivity contribution in [3.8, 4) is 12.1 Å². The summed E-state index contributed by atoms with van der Waals surface area (Å²) in [4.78, 5) is 73.6. The number of H-pyrrole nitrogens is 1. The van der Waals surface area contributed by atoms with Crippen molar-refractivity contribution >= 4 is 67.5 Å². The van der Waals surface area contributed by atoms with Gasteiger partial charge in [0.25, 0.3) is 11.5 Å². The zero-order chi connectivity index (χ0) is 59.9. The van der Waals surface area contributed by atoms with Crippen LogP contribution in [0, 0.1) is 22.7 Å². The van der Waals surface area contributed by atoms with E-state index in [0.717, 1.165) is 4.57 Å². The second-order valence-electron chi connectivity index (χ2n) is 22.4. The molecule has 1 amide bonds. The van der Waals surface area contributed by atoms with Gasteiger partial charge in [-0.05, 0) is 60.9 Å². The monoisotopic (exact) mass is 1200 g/mol. The number of phosphoric acid groups is 2. The Balaban J connectivity index is 1.38. The van der Waals surface area contributed by atoms with Crippen LogP contribution < -0.4 is 16.6 Å². The van der Waals surface area contributed by atoms with E-state index in [1.807, 2.05) is 79.9 Å². The number of aromatic nitrogens is 6. The van der Waals surface area contributed by atoms with E-state index >= 15 is 0 Å². The quantitative estimate of drug-likeness (QED) is 0.0120. The molecule has 4 aromatic rings. The first-order chi connectivity index (χ1) is 37.8. The number of amides is 1. The number of phosphoric ester groups is 2. The number of aliphatic hydroxyl groups excluding tert-OH is 1. The Morgan fingerprint density at radius 3 is 2.19 bits per heavy atom. The van der Waals surface area contributed by atoms with E-state index in [0.29, 0.717) is 5.56 Å². The number of nitrogens with zero attached hydrogens (tertiary/aromatic N) is 9. The maximum absolute atomic E-state index is 14.6. The van der Waals surface area contributed by atoms with Crippen LogP contribution in [0.2, 0.25) is 36.3 Å². The van der Waals surface area contributed by atoms with Crippen LogP contribution in [0.15, 0.2) is 76.2 Å². The lowest BCUT2D eigenvalue weighted by molar-refractivity contribution is -0.0882. The predicted octanol–water partition coefficient (Wildman–Crippen LogP) is 7.22. The first-order valence-corrected chi connectivity index (χ1v) is 34.7. The largest absolute Gasteiger partial charge is 0.475 e. The molecule has 1 aromatic carbocycles. The third-order valence-corrected chi connectivity index (χ3v) is 25.6. The molecule has 2 saturated heterocycles. The molecule has 0 radical (unpaired) electrons. The first kappa shape index (κ1) is 64.7. The smallest absolute Gasteiger partial charge is 0.407 e. The number of hydrogen-bond donors (Lipinski definition) is 4. The Bertz CT molecular complexity index is 3190. The first-order valence-electron chi connectivity index (χ1n) is 25.9. The van der Waals surface area contributed by atoms with Crippen LogP contribution in [0.3, 0.4) is 0 Å². The Morgan fingerprint density at radius 1 is 0.938 bits per heavy atom. The number of imidazole rings is 1. The molecule has 0 aliphatic carbocycles. The number of nitriles is 2. The van der Waals surface area contributed by atoms with Gasteiger partial charge in [0.1, 0.15) is 42.4 Å². The number of nitrogens with one attached hydrogen (secondary N) is 2. The number of carbonyl (C=O) groups excluding carboxylic acids is 1. The van der Waals surface area contributed by atoms with Gasteiger partial charge in [0.15, 0.2) is 40.3 Å². The molecule has 81 heavy (non-hydrogen) atoms. The molecule has 5 heterocycles. The fraction of sp³-hybridized carbons (Fsp3) is 0.580. The van der Waals surface area contributed by atoms with Crippen molar-refractivity contribution in [3.63, 3.8) is 0 Å². The van der Waals surface area contributed by atoms with Crippen molar-refractivity contribution in [1.82, 2.24) is 34.0 Å². The number of aliphatic imine (C=N–C) groups is 1. The number of aromatic amines is 1. The van der Waals surface area contributed by atoms with Crippen LogP contribution in [0.1, 0.15) is 83.6 Å². The average Bonchev–Trinajstić information content (AvgIpc) is 4.22. The van der Waals surface area contributed by atoms with Crippen LogP contribution in [0.4, 0.5) is 11.8 Å². The zero-order valence-electron chi connectivity index (χ0n) is 47.4. The molecule has 0 saturated carbocycles. The number of hydrogen-bond acceptors (Lipinski definition) is 21. The molecule has 0 bridgehead atoms. The number of ether oxygens (including phenoxy) is 2. The summed E-state index contributed by atoms with van der Waals surface area (Å²) in [5.41, 5.74) is -1.35. The van der Waals surface area contributed by atoms with E-state index in [1.54, 1.807) is 49.3 Å². The lowest BCUT2D eigenvalue weighted by Gasteiger charge is -2.40. The van der Waals surface area contributed by atoms with Crippen molar-refractivity contribution in [2.75, 3.05) is 39.2 Å². The van der Waals surface area contributed by atoms with Gasteiger partial charge < -0.3 is 38.5 Å². The van der Waals surface area contributed by atoms with Gasteiger partial charge in [-0.1, -0.05) is 65.8 Å². The van der Waals surface area contributed by atoms with Crippen molar-refractivity contribution in [1.29, 1.82) is 10.5 Å². The van der Waals surface area contributed by atoms with E-state index in [4.69, 9.17) is 40.9 Å². The second-order valence-corrected chi connectivity index (χ2v) is 35.0. The third-order valence-electron chi connectivity index (χ3n) is 14.1. The summed E-state index contributed by atoms with van der Waals surface area (Å²) in [6, 6.07) is 13.4. The molecule has 11 atom stereocenters. The van der Waals surface area contributed by atoms with Gasteiger partial charge in [0.05, 0.1) is 57.1 Å². The molecule has 2 fully saturated rings.